The fourth-order valence-corrected chi connectivity index (χ4v) is 2.96. The van der Waals surface area contributed by atoms with E-state index in [1.54, 1.807) is 13.0 Å². The monoisotopic (exact) mass is 362 g/mol. The Kier molecular flexibility index (Phi) is 6.65. The molecule has 0 saturated carbocycles. The van der Waals surface area contributed by atoms with Crippen LogP contribution in [0.25, 0.3) is 0 Å². The van der Waals surface area contributed by atoms with E-state index in [0.717, 1.165) is 22.4 Å². The number of aromatic nitrogens is 1. The van der Waals surface area contributed by atoms with Gasteiger partial charge in [-0.2, -0.15) is 0 Å². The van der Waals surface area contributed by atoms with Gasteiger partial charge in [-0.3, -0.25) is 4.79 Å². The number of carbonyl (C=O) groups is 2. The SMILES string of the molecule is CCOC(=O)c1[nH]c(C)c(CCC(=O)NCc2cccc(Cl)c2)c1C. The number of aryl methyl sites for hydroxylation is 1. The summed E-state index contributed by atoms with van der Waals surface area (Å²) in [5.74, 6) is -0.405. The molecule has 25 heavy (non-hydrogen) atoms. The molecule has 0 fully saturated rings. The first-order chi connectivity index (χ1) is 11.9. The summed E-state index contributed by atoms with van der Waals surface area (Å²) in [7, 11) is 0. The number of aromatic amines is 1. The lowest BCUT2D eigenvalue weighted by molar-refractivity contribution is -0.121. The zero-order valence-corrected chi connectivity index (χ0v) is 15.5. The Morgan fingerprint density at radius 1 is 1.28 bits per heavy atom. The maximum absolute atomic E-state index is 12.1. The van der Waals surface area contributed by atoms with Crippen molar-refractivity contribution in [3.8, 4) is 0 Å². The molecule has 1 aromatic heterocycles. The van der Waals surface area contributed by atoms with Crippen LogP contribution in [0.5, 0.6) is 0 Å². The van der Waals surface area contributed by atoms with Crippen LogP contribution in [0.4, 0.5) is 0 Å². The molecule has 134 valence electrons. The van der Waals surface area contributed by atoms with Gasteiger partial charge in [-0.25, -0.2) is 4.79 Å². The number of rotatable bonds is 7. The third kappa shape index (κ3) is 5.10. The fraction of sp³-hybridized carbons (Fsp3) is 0.368. The number of hydrogen-bond donors (Lipinski definition) is 2. The molecule has 6 heteroatoms. The van der Waals surface area contributed by atoms with Gasteiger partial charge in [0.15, 0.2) is 0 Å². The van der Waals surface area contributed by atoms with Crippen LogP contribution in [0, 0.1) is 13.8 Å². The summed E-state index contributed by atoms with van der Waals surface area (Å²) in [4.78, 5) is 27.1. The van der Waals surface area contributed by atoms with Gasteiger partial charge >= 0.3 is 5.97 Å². The van der Waals surface area contributed by atoms with Crippen molar-refractivity contribution >= 4 is 23.5 Å². The average molecular weight is 363 g/mol. The minimum Gasteiger partial charge on any atom is -0.461 e. The zero-order valence-electron chi connectivity index (χ0n) is 14.7. The molecule has 0 spiro atoms. The van der Waals surface area contributed by atoms with Gasteiger partial charge < -0.3 is 15.0 Å². The lowest BCUT2D eigenvalue weighted by atomic mass is 10.0. The first-order valence-corrected chi connectivity index (χ1v) is 8.66. The second-order valence-electron chi connectivity index (χ2n) is 5.86. The van der Waals surface area contributed by atoms with Crippen LogP contribution in [0.1, 0.15) is 46.2 Å². The summed E-state index contributed by atoms with van der Waals surface area (Å²) >= 11 is 5.93. The standard InChI is InChI=1S/C19H23ClN2O3/c1-4-25-19(24)18-12(2)16(13(3)22-18)8-9-17(23)21-11-14-6-5-7-15(20)10-14/h5-7,10,22H,4,8-9,11H2,1-3H3,(H,21,23). The number of nitrogens with one attached hydrogen (secondary N) is 2. The number of esters is 1. The maximum atomic E-state index is 12.1. The highest BCUT2D eigenvalue weighted by molar-refractivity contribution is 6.30. The van der Waals surface area contributed by atoms with Crippen LogP contribution in [0.2, 0.25) is 5.02 Å². The molecule has 0 aliphatic carbocycles. The molecule has 2 aromatic rings. The van der Waals surface area contributed by atoms with Gasteiger partial charge in [0.05, 0.1) is 6.61 Å². The number of ether oxygens (including phenoxy) is 1. The van der Waals surface area contributed by atoms with Gasteiger partial charge in [-0.1, -0.05) is 23.7 Å². The van der Waals surface area contributed by atoms with E-state index in [1.165, 1.54) is 0 Å². The highest BCUT2D eigenvalue weighted by atomic mass is 35.5. The number of halogens is 1. The van der Waals surface area contributed by atoms with Crippen LogP contribution in [0.3, 0.4) is 0 Å². The third-order valence-electron chi connectivity index (χ3n) is 4.05. The molecule has 1 heterocycles. The molecule has 0 saturated heterocycles. The number of H-pyrrole nitrogens is 1. The summed E-state index contributed by atoms with van der Waals surface area (Å²) in [5, 5.41) is 3.54. The van der Waals surface area contributed by atoms with Gasteiger partial charge in [0.2, 0.25) is 5.91 Å². The maximum Gasteiger partial charge on any atom is 0.355 e. The van der Waals surface area contributed by atoms with Crippen molar-refractivity contribution in [1.82, 2.24) is 10.3 Å². The van der Waals surface area contributed by atoms with Crippen molar-refractivity contribution < 1.29 is 14.3 Å². The molecule has 0 bridgehead atoms. The highest BCUT2D eigenvalue weighted by Crippen LogP contribution is 2.20. The Labute approximate surface area is 152 Å². The first-order valence-electron chi connectivity index (χ1n) is 8.28. The summed E-state index contributed by atoms with van der Waals surface area (Å²) in [6.07, 6.45) is 0.914. The van der Waals surface area contributed by atoms with E-state index in [9.17, 15) is 9.59 Å². The Bertz CT molecular complexity index is 768. The molecular weight excluding hydrogens is 340 g/mol. The lowest BCUT2D eigenvalue weighted by Gasteiger charge is -2.07. The largest absolute Gasteiger partial charge is 0.461 e. The fourth-order valence-electron chi connectivity index (χ4n) is 2.75. The Hall–Kier alpha value is -2.27. The molecule has 1 aromatic carbocycles. The minimum atomic E-state index is -0.361. The van der Waals surface area contributed by atoms with Crippen molar-refractivity contribution in [3.63, 3.8) is 0 Å². The predicted molar refractivity (Wildman–Crippen MR) is 97.8 cm³/mol. The van der Waals surface area contributed by atoms with E-state index in [2.05, 4.69) is 10.3 Å². The first kappa shape index (κ1) is 19.1. The van der Waals surface area contributed by atoms with Crippen LogP contribution < -0.4 is 5.32 Å². The van der Waals surface area contributed by atoms with Crippen LogP contribution in [0.15, 0.2) is 24.3 Å². The zero-order chi connectivity index (χ0) is 18.4. The molecule has 1 amide bonds. The number of hydrogen-bond acceptors (Lipinski definition) is 3. The van der Waals surface area contributed by atoms with Gasteiger partial charge in [0.1, 0.15) is 5.69 Å². The second kappa shape index (κ2) is 8.72. The molecule has 0 unspecified atom stereocenters. The van der Waals surface area contributed by atoms with Crippen LogP contribution in [-0.2, 0) is 22.5 Å². The molecule has 2 N–H and O–H groups in total. The topological polar surface area (TPSA) is 71.2 Å². The van der Waals surface area contributed by atoms with E-state index >= 15 is 0 Å². The molecule has 0 aliphatic rings. The molecular formula is C19H23ClN2O3. The predicted octanol–water partition coefficient (Wildman–Crippen LogP) is 3.71. The normalized spacial score (nSPS) is 10.6. The van der Waals surface area contributed by atoms with Crippen LogP contribution >= 0.6 is 11.6 Å². The Morgan fingerprint density at radius 3 is 2.72 bits per heavy atom. The van der Waals surface area contributed by atoms with E-state index in [4.69, 9.17) is 16.3 Å². The van der Waals surface area contributed by atoms with Gasteiger partial charge in [-0.15, -0.1) is 0 Å². The molecule has 0 radical (unpaired) electrons. The number of amides is 1. The molecule has 2 rings (SSSR count). The molecule has 0 aliphatic heterocycles. The van der Waals surface area contributed by atoms with Crippen molar-refractivity contribution in [2.24, 2.45) is 0 Å². The van der Waals surface area contributed by atoms with E-state index < -0.39 is 0 Å². The molecule has 5 nitrogen and oxygen atoms in total. The van der Waals surface area contributed by atoms with Gasteiger partial charge in [0, 0.05) is 23.7 Å². The summed E-state index contributed by atoms with van der Waals surface area (Å²) < 4.78 is 5.04. The number of carbonyl (C=O) groups excluding carboxylic acids is 2. The molecule has 0 atom stereocenters. The van der Waals surface area contributed by atoms with E-state index in [0.29, 0.717) is 36.7 Å². The summed E-state index contributed by atoms with van der Waals surface area (Å²) in [5.41, 5.74) is 4.15. The Morgan fingerprint density at radius 2 is 2.04 bits per heavy atom. The van der Waals surface area contributed by atoms with E-state index in [-0.39, 0.29) is 11.9 Å². The number of benzene rings is 1. The third-order valence-corrected chi connectivity index (χ3v) is 4.29. The van der Waals surface area contributed by atoms with Crippen molar-refractivity contribution in [3.05, 3.63) is 57.4 Å². The quantitative estimate of drug-likeness (QED) is 0.737. The lowest BCUT2D eigenvalue weighted by Crippen LogP contribution is -2.23. The van der Waals surface area contributed by atoms with Gasteiger partial charge in [0.25, 0.3) is 0 Å². The van der Waals surface area contributed by atoms with Gasteiger partial charge in [-0.05, 0) is 56.0 Å². The van der Waals surface area contributed by atoms with E-state index in [1.807, 2.05) is 32.0 Å². The average Bonchev–Trinajstić information content (AvgIpc) is 2.86. The highest BCUT2D eigenvalue weighted by Gasteiger charge is 2.18. The summed E-state index contributed by atoms with van der Waals surface area (Å²) in [6, 6.07) is 7.39. The summed E-state index contributed by atoms with van der Waals surface area (Å²) in [6.45, 7) is 6.31. The second-order valence-corrected chi connectivity index (χ2v) is 6.29. The Balaban J connectivity index is 1.92. The smallest absolute Gasteiger partial charge is 0.355 e. The van der Waals surface area contributed by atoms with Crippen molar-refractivity contribution in [2.45, 2.75) is 40.2 Å². The van der Waals surface area contributed by atoms with Crippen molar-refractivity contribution in [1.29, 1.82) is 0 Å². The minimum absolute atomic E-state index is 0.0438. The van der Waals surface area contributed by atoms with Crippen LogP contribution in [-0.4, -0.2) is 23.5 Å². The van der Waals surface area contributed by atoms with Crippen molar-refractivity contribution in [2.75, 3.05) is 6.61 Å².